The van der Waals surface area contributed by atoms with Gasteiger partial charge in [-0.15, -0.1) is 12.3 Å². The maximum atomic E-state index is 9.55. The minimum atomic E-state index is -1.09. The van der Waals surface area contributed by atoms with Gasteiger partial charge in [-0.1, -0.05) is 0 Å². The number of rotatable bonds is 2. The van der Waals surface area contributed by atoms with Gasteiger partial charge in [-0.05, 0) is 0 Å². The summed E-state index contributed by atoms with van der Waals surface area (Å²) in [6, 6.07) is 0. The van der Waals surface area contributed by atoms with Crippen LogP contribution in [-0.4, -0.2) is 5.97 Å². The zero-order chi connectivity index (χ0) is 5.70. The van der Waals surface area contributed by atoms with Gasteiger partial charge < -0.3 is 0 Å². The van der Waals surface area contributed by atoms with E-state index >= 15 is 0 Å². The number of terminal acetylenes is 1. The van der Waals surface area contributed by atoms with Gasteiger partial charge in [-0.3, -0.25) is 0 Å². The lowest BCUT2D eigenvalue weighted by molar-refractivity contribution is -0.142. The summed E-state index contributed by atoms with van der Waals surface area (Å²) in [4.78, 5) is 9.55. The van der Waals surface area contributed by atoms with Crippen LogP contribution in [0.3, 0.4) is 0 Å². The van der Waals surface area contributed by atoms with Crippen LogP contribution in [0.4, 0.5) is 0 Å². The fourth-order valence-corrected chi connectivity index (χ4v) is 0.174. The number of hydrogen-bond acceptors (Lipinski definition) is 1. The van der Waals surface area contributed by atoms with E-state index in [4.69, 9.17) is 6.42 Å². The fraction of sp³-hybridized carbons (Fsp3) is 0.400. The van der Waals surface area contributed by atoms with Gasteiger partial charge in [0.15, 0.2) is 0 Å². The average molecular weight is 97.1 g/mol. The summed E-state index contributed by atoms with van der Waals surface area (Å²) in [5.74, 6) is 1.09. The van der Waals surface area contributed by atoms with E-state index in [0.29, 0.717) is 0 Å². The molecule has 0 bridgehead atoms. The van der Waals surface area contributed by atoms with Crippen LogP contribution >= 0.6 is 0 Å². The third kappa shape index (κ3) is 5.03. The molecule has 2 heteroatoms. The van der Waals surface area contributed by atoms with Gasteiger partial charge in [0, 0.05) is 6.42 Å². The Hall–Kier alpha value is -0.970. The van der Waals surface area contributed by atoms with Crippen molar-refractivity contribution in [2.45, 2.75) is 12.8 Å². The molecule has 0 amide bonds. The Morgan fingerprint density at radius 1 is 1.71 bits per heavy atom. The van der Waals surface area contributed by atoms with Crippen LogP contribution in [-0.2, 0) is 9.90 Å². The normalized spacial score (nSPS) is 7.29. The van der Waals surface area contributed by atoms with E-state index in [1.807, 2.05) is 0 Å². The number of hydrogen-bond donors (Lipinski definition) is 0. The minimum Gasteiger partial charge on any atom is -0.247 e. The molecular formula is C5H5O2. The molecule has 0 aliphatic carbocycles. The summed E-state index contributed by atoms with van der Waals surface area (Å²) in [6.07, 6.45) is 4.97. The van der Waals surface area contributed by atoms with Crippen molar-refractivity contribution < 1.29 is 9.90 Å². The third-order valence-corrected chi connectivity index (χ3v) is 0.473. The predicted molar refractivity (Wildman–Crippen MR) is 23.8 cm³/mol. The van der Waals surface area contributed by atoms with Crippen molar-refractivity contribution in [1.29, 1.82) is 0 Å². The summed E-state index contributed by atoms with van der Waals surface area (Å²) in [6.45, 7) is 0. The first-order valence-electron chi connectivity index (χ1n) is 1.90. The summed E-state index contributed by atoms with van der Waals surface area (Å²) < 4.78 is 0. The Bertz CT molecular complexity index is 99.1. The first kappa shape index (κ1) is 6.03. The zero-order valence-electron chi connectivity index (χ0n) is 3.81. The molecule has 0 aromatic rings. The van der Waals surface area contributed by atoms with Gasteiger partial charge in [-0.2, -0.15) is 0 Å². The molecule has 0 heterocycles. The molecule has 37 valence electrons. The topological polar surface area (TPSA) is 37.0 Å². The quantitative estimate of drug-likeness (QED) is 0.458. The molecule has 0 saturated heterocycles. The van der Waals surface area contributed by atoms with Crippen LogP contribution in [0.5, 0.6) is 0 Å². The van der Waals surface area contributed by atoms with E-state index in [-0.39, 0.29) is 12.8 Å². The molecule has 0 aromatic carbocycles. The Balaban J connectivity index is 3.02. The van der Waals surface area contributed by atoms with E-state index in [2.05, 4.69) is 5.92 Å². The van der Waals surface area contributed by atoms with Crippen molar-refractivity contribution in [2.75, 3.05) is 0 Å². The van der Waals surface area contributed by atoms with E-state index < -0.39 is 5.97 Å². The highest BCUT2D eigenvalue weighted by Crippen LogP contribution is 1.83. The molecule has 0 saturated carbocycles. The Kier molecular flexibility index (Phi) is 2.78. The largest absolute Gasteiger partial charge is 0.356 e. The zero-order valence-corrected chi connectivity index (χ0v) is 3.81. The average Bonchev–Trinajstić information content (AvgIpc) is 1.61. The number of carbonyl (C=O) groups excluding carboxylic acids is 1. The van der Waals surface area contributed by atoms with Gasteiger partial charge in [0.05, 0.1) is 6.42 Å². The van der Waals surface area contributed by atoms with E-state index in [9.17, 15) is 9.90 Å². The molecule has 0 N–H and O–H groups in total. The van der Waals surface area contributed by atoms with Crippen LogP contribution < -0.4 is 0 Å². The van der Waals surface area contributed by atoms with Gasteiger partial charge in [-0.25, -0.2) is 9.90 Å². The molecule has 0 fully saturated rings. The highest BCUT2D eigenvalue weighted by molar-refractivity contribution is 5.66. The molecule has 0 atom stereocenters. The van der Waals surface area contributed by atoms with E-state index in [1.165, 1.54) is 0 Å². The summed E-state index contributed by atoms with van der Waals surface area (Å²) in [7, 11) is 0. The summed E-state index contributed by atoms with van der Waals surface area (Å²) in [5, 5.41) is 9.55. The lowest BCUT2D eigenvalue weighted by Crippen LogP contribution is -1.88. The van der Waals surface area contributed by atoms with Crippen LogP contribution in [0, 0.1) is 12.3 Å². The lowest BCUT2D eigenvalue weighted by atomic mass is 10.3. The van der Waals surface area contributed by atoms with Gasteiger partial charge in [0.1, 0.15) is 0 Å². The minimum absolute atomic E-state index is 0.0312. The number of carbonyl (C=O) groups is 1. The molecule has 0 aliphatic rings. The maximum Gasteiger partial charge on any atom is 0.356 e. The van der Waals surface area contributed by atoms with Crippen molar-refractivity contribution in [3.8, 4) is 12.3 Å². The second-order valence-corrected chi connectivity index (χ2v) is 1.08. The molecular weight excluding hydrogens is 92.1 g/mol. The summed E-state index contributed by atoms with van der Waals surface area (Å²) in [5.41, 5.74) is 0. The van der Waals surface area contributed by atoms with Crippen molar-refractivity contribution in [1.82, 2.24) is 0 Å². The van der Waals surface area contributed by atoms with E-state index in [1.54, 1.807) is 0 Å². The van der Waals surface area contributed by atoms with Crippen LogP contribution in [0.15, 0.2) is 0 Å². The maximum absolute atomic E-state index is 9.55. The van der Waals surface area contributed by atoms with Crippen molar-refractivity contribution >= 4 is 5.97 Å². The predicted octanol–water partition coefficient (Wildman–Crippen LogP) is 0.357. The molecule has 7 heavy (non-hydrogen) atoms. The van der Waals surface area contributed by atoms with Crippen LogP contribution in [0.2, 0.25) is 0 Å². The van der Waals surface area contributed by atoms with Crippen molar-refractivity contribution in [2.24, 2.45) is 0 Å². The third-order valence-electron chi connectivity index (χ3n) is 0.473. The molecule has 0 rings (SSSR count). The molecule has 2 nitrogen and oxygen atoms in total. The Morgan fingerprint density at radius 3 is 2.43 bits per heavy atom. The van der Waals surface area contributed by atoms with Gasteiger partial charge in [0.25, 0.3) is 0 Å². The molecule has 0 unspecified atom stereocenters. The molecule has 0 spiro atoms. The fourth-order valence-electron chi connectivity index (χ4n) is 0.174. The molecule has 1 radical (unpaired) electrons. The van der Waals surface area contributed by atoms with Crippen LogP contribution in [0.1, 0.15) is 12.8 Å². The second-order valence-electron chi connectivity index (χ2n) is 1.08. The SMILES string of the molecule is C#CCCC([O])=O. The monoisotopic (exact) mass is 97.0 g/mol. The lowest BCUT2D eigenvalue weighted by Gasteiger charge is -1.76. The smallest absolute Gasteiger partial charge is 0.247 e. The van der Waals surface area contributed by atoms with Gasteiger partial charge in [0.2, 0.25) is 0 Å². The van der Waals surface area contributed by atoms with Crippen molar-refractivity contribution in [3.05, 3.63) is 0 Å². The highest BCUT2D eigenvalue weighted by Gasteiger charge is 1.93. The van der Waals surface area contributed by atoms with Crippen LogP contribution in [0.25, 0.3) is 0 Å². The Labute approximate surface area is 42.2 Å². The highest BCUT2D eigenvalue weighted by atomic mass is 16.4. The van der Waals surface area contributed by atoms with Gasteiger partial charge >= 0.3 is 5.97 Å². The Morgan fingerprint density at radius 2 is 2.29 bits per heavy atom. The van der Waals surface area contributed by atoms with Crippen molar-refractivity contribution in [3.63, 3.8) is 0 Å². The first-order chi connectivity index (χ1) is 3.27. The molecule has 0 aliphatic heterocycles. The first-order valence-corrected chi connectivity index (χ1v) is 1.90. The van der Waals surface area contributed by atoms with E-state index in [0.717, 1.165) is 0 Å². The second kappa shape index (κ2) is 3.23. The summed E-state index contributed by atoms with van der Waals surface area (Å²) >= 11 is 0. The molecule has 0 aromatic heterocycles. The standard InChI is InChI=1S/C5H5O2/c1-2-3-4-5(6)7/h1H,3-4H2.